The number of carbonyl (C=O) groups is 1. The van der Waals surface area contributed by atoms with E-state index in [2.05, 4.69) is 56.8 Å². The number of likely N-dealkylation sites (tertiary alicyclic amines) is 2. The maximum absolute atomic E-state index is 12.5. The fourth-order valence-electron chi connectivity index (χ4n) is 5.20. The number of aromatic nitrogens is 2. The van der Waals surface area contributed by atoms with Crippen molar-refractivity contribution in [2.75, 3.05) is 26.2 Å². The highest BCUT2D eigenvalue weighted by Crippen LogP contribution is 2.41. The highest BCUT2D eigenvalue weighted by atomic mass is 16.2. The number of nitrogens with one attached hydrogen (secondary N) is 2. The average molecular weight is 405 g/mol. The summed E-state index contributed by atoms with van der Waals surface area (Å²) in [5, 5.41) is 19.9. The van der Waals surface area contributed by atoms with E-state index in [0.717, 1.165) is 25.9 Å². The normalized spacial score (nSPS) is 26.0. The molecule has 0 radical (unpaired) electrons. The third-order valence-electron chi connectivity index (χ3n) is 7.03. The van der Waals surface area contributed by atoms with Gasteiger partial charge in [-0.25, -0.2) is 0 Å². The van der Waals surface area contributed by atoms with Gasteiger partial charge >= 0.3 is 0 Å². The molecule has 2 aromatic rings. The Bertz CT molecular complexity index is 907. The molecule has 30 heavy (non-hydrogen) atoms. The molecule has 2 atom stereocenters. The van der Waals surface area contributed by atoms with Crippen LogP contribution in [0.15, 0.2) is 42.6 Å². The number of piperidine rings is 1. The Morgan fingerprint density at radius 1 is 1.23 bits per heavy atom. The number of rotatable bonds is 6. The fourth-order valence-corrected chi connectivity index (χ4v) is 5.20. The Hall–Kier alpha value is -2.69. The van der Waals surface area contributed by atoms with Crippen LogP contribution >= 0.6 is 0 Å². The summed E-state index contributed by atoms with van der Waals surface area (Å²) < 4.78 is 0. The summed E-state index contributed by atoms with van der Waals surface area (Å²) in [5.74, 6) is 0.626. The van der Waals surface area contributed by atoms with E-state index in [1.165, 1.54) is 12.0 Å². The van der Waals surface area contributed by atoms with E-state index in [1.54, 1.807) is 12.3 Å². The van der Waals surface area contributed by atoms with E-state index in [9.17, 15) is 10.1 Å². The Morgan fingerprint density at radius 3 is 2.67 bits per heavy atom. The number of nitrogens with zero attached hydrogens (tertiary/aromatic N) is 4. The summed E-state index contributed by atoms with van der Waals surface area (Å²) >= 11 is 0. The minimum absolute atomic E-state index is 0.0293. The van der Waals surface area contributed by atoms with Gasteiger partial charge < -0.3 is 10.2 Å². The van der Waals surface area contributed by atoms with Crippen LogP contribution in [0.25, 0.3) is 0 Å². The first kappa shape index (κ1) is 19.3. The Labute approximate surface area is 177 Å². The number of nitriles is 1. The monoisotopic (exact) mass is 404 g/mol. The van der Waals surface area contributed by atoms with Crippen molar-refractivity contribution in [3.63, 3.8) is 0 Å². The van der Waals surface area contributed by atoms with Crippen LogP contribution in [0.3, 0.4) is 0 Å². The summed E-state index contributed by atoms with van der Waals surface area (Å²) in [4.78, 5) is 16.8. The van der Waals surface area contributed by atoms with E-state index in [0.29, 0.717) is 43.2 Å². The van der Waals surface area contributed by atoms with E-state index in [4.69, 9.17) is 0 Å². The molecule has 7 nitrogen and oxygen atoms in total. The summed E-state index contributed by atoms with van der Waals surface area (Å²) in [6, 6.07) is 16.0. The van der Waals surface area contributed by atoms with E-state index in [-0.39, 0.29) is 11.4 Å². The molecule has 3 aliphatic rings. The molecule has 0 bridgehead atoms. The van der Waals surface area contributed by atoms with Crippen molar-refractivity contribution in [2.45, 2.75) is 49.2 Å². The molecule has 1 aromatic carbocycles. The maximum atomic E-state index is 12.5. The van der Waals surface area contributed by atoms with Crippen molar-refractivity contribution in [1.82, 2.24) is 25.3 Å². The number of hydrogen-bond acceptors (Lipinski definition) is 5. The number of hydrogen-bond donors (Lipinski definition) is 2. The molecule has 1 saturated carbocycles. The van der Waals surface area contributed by atoms with Crippen LogP contribution < -0.4 is 5.32 Å². The van der Waals surface area contributed by atoms with Gasteiger partial charge in [-0.05, 0) is 30.9 Å². The molecule has 156 valence electrons. The third kappa shape index (κ3) is 3.62. The van der Waals surface area contributed by atoms with E-state index >= 15 is 0 Å². The van der Waals surface area contributed by atoms with Gasteiger partial charge in [0.05, 0.1) is 18.0 Å². The SMILES string of the molecule is N#CCC1(N2CCC(N[C@@H]3CC3c3ccccc3)CC2)CN(C(=O)c2ccn[nH]2)C1. The zero-order chi connectivity index (χ0) is 20.6. The van der Waals surface area contributed by atoms with Crippen molar-refractivity contribution < 1.29 is 4.79 Å². The first-order valence-corrected chi connectivity index (χ1v) is 10.9. The lowest BCUT2D eigenvalue weighted by Gasteiger charge is -2.56. The van der Waals surface area contributed by atoms with Crippen LogP contribution in [-0.2, 0) is 0 Å². The summed E-state index contributed by atoms with van der Waals surface area (Å²) in [7, 11) is 0. The second-order valence-corrected chi connectivity index (χ2v) is 8.98. The largest absolute Gasteiger partial charge is 0.333 e. The maximum Gasteiger partial charge on any atom is 0.271 e. The van der Waals surface area contributed by atoms with Crippen molar-refractivity contribution >= 4 is 5.91 Å². The lowest BCUT2D eigenvalue weighted by Crippen LogP contribution is -2.72. The van der Waals surface area contributed by atoms with Gasteiger partial charge in [-0.2, -0.15) is 10.4 Å². The summed E-state index contributed by atoms with van der Waals surface area (Å²) in [6.07, 6.45) is 5.48. The Morgan fingerprint density at radius 2 is 2.00 bits per heavy atom. The molecule has 2 N–H and O–H groups in total. The number of H-pyrrole nitrogens is 1. The first-order valence-electron chi connectivity index (χ1n) is 10.9. The molecule has 7 heteroatoms. The zero-order valence-corrected chi connectivity index (χ0v) is 17.1. The van der Waals surface area contributed by atoms with Crippen LogP contribution in [-0.4, -0.2) is 69.7 Å². The second-order valence-electron chi connectivity index (χ2n) is 8.98. The predicted octanol–water partition coefficient (Wildman–Crippen LogP) is 2.13. The van der Waals surface area contributed by atoms with Gasteiger partial charge in [0.25, 0.3) is 5.91 Å². The smallest absolute Gasteiger partial charge is 0.271 e. The average Bonchev–Trinajstić information content (AvgIpc) is 3.29. The molecule has 1 aromatic heterocycles. The highest BCUT2D eigenvalue weighted by molar-refractivity contribution is 5.93. The Kier molecular flexibility index (Phi) is 5.05. The highest BCUT2D eigenvalue weighted by Gasteiger charge is 2.50. The number of aromatic amines is 1. The number of benzene rings is 1. The standard InChI is InChI=1S/C23H28N6O/c24-10-9-23(15-28(16-23)22(30)20-6-11-25-27-20)29-12-7-18(8-13-29)26-21-14-19(21)17-4-2-1-3-5-17/h1-6,11,18-19,21,26H,7-9,12-16H2,(H,25,27)/t19?,21-/m1/s1. The summed E-state index contributed by atoms with van der Waals surface area (Å²) in [6.45, 7) is 3.20. The van der Waals surface area contributed by atoms with Gasteiger partial charge in [-0.3, -0.25) is 14.8 Å². The molecule has 0 spiro atoms. The topological polar surface area (TPSA) is 88.1 Å². The Balaban J connectivity index is 1.13. The molecule has 2 aliphatic heterocycles. The van der Waals surface area contributed by atoms with E-state index < -0.39 is 0 Å². The fraction of sp³-hybridized carbons (Fsp3) is 0.522. The third-order valence-corrected chi connectivity index (χ3v) is 7.03. The van der Waals surface area contributed by atoms with E-state index in [1.807, 2.05) is 4.90 Å². The molecule has 2 saturated heterocycles. The van der Waals surface area contributed by atoms with Crippen molar-refractivity contribution in [2.24, 2.45) is 0 Å². The lowest BCUT2D eigenvalue weighted by atomic mass is 9.82. The predicted molar refractivity (Wildman–Crippen MR) is 113 cm³/mol. The molecule has 3 heterocycles. The molecule has 1 amide bonds. The van der Waals surface area contributed by atoms with Gasteiger partial charge in [0.15, 0.2) is 0 Å². The number of carbonyl (C=O) groups excluding carboxylic acids is 1. The summed E-state index contributed by atoms with van der Waals surface area (Å²) in [5.41, 5.74) is 1.76. The van der Waals surface area contributed by atoms with Crippen LogP contribution in [0, 0.1) is 11.3 Å². The zero-order valence-electron chi connectivity index (χ0n) is 17.1. The molecule has 5 rings (SSSR count). The van der Waals surface area contributed by atoms with Gasteiger partial charge in [0, 0.05) is 50.4 Å². The molecular formula is C23H28N6O. The number of amides is 1. The van der Waals surface area contributed by atoms with Crippen molar-refractivity contribution in [3.8, 4) is 6.07 Å². The first-order chi connectivity index (χ1) is 14.7. The minimum atomic E-state index is -0.193. The lowest BCUT2D eigenvalue weighted by molar-refractivity contribution is -0.0499. The van der Waals surface area contributed by atoms with Crippen molar-refractivity contribution in [3.05, 3.63) is 53.9 Å². The van der Waals surface area contributed by atoms with Gasteiger partial charge in [0.2, 0.25) is 0 Å². The molecule has 1 unspecified atom stereocenters. The van der Waals surface area contributed by atoms with Crippen molar-refractivity contribution in [1.29, 1.82) is 5.26 Å². The van der Waals surface area contributed by atoms with Crippen LogP contribution in [0.5, 0.6) is 0 Å². The van der Waals surface area contributed by atoms with Gasteiger partial charge in [0.1, 0.15) is 5.69 Å². The van der Waals surface area contributed by atoms with Crippen LogP contribution in [0.4, 0.5) is 0 Å². The van der Waals surface area contributed by atoms with Gasteiger partial charge in [-0.1, -0.05) is 30.3 Å². The quantitative estimate of drug-likeness (QED) is 0.770. The molecular weight excluding hydrogens is 376 g/mol. The molecule has 3 fully saturated rings. The van der Waals surface area contributed by atoms with Crippen LogP contribution in [0.1, 0.15) is 47.7 Å². The van der Waals surface area contributed by atoms with Gasteiger partial charge in [-0.15, -0.1) is 0 Å². The molecule has 1 aliphatic carbocycles. The minimum Gasteiger partial charge on any atom is -0.333 e. The van der Waals surface area contributed by atoms with Crippen LogP contribution in [0.2, 0.25) is 0 Å². The second kappa shape index (κ2) is 7.86.